The van der Waals surface area contributed by atoms with Gasteiger partial charge in [-0.25, -0.2) is 4.68 Å². The van der Waals surface area contributed by atoms with Crippen molar-refractivity contribution >= 4 is 28.9 Å². The largest absolute Gasteiger partial charge is 0.397 e. The molecule has 0 unspecified atom stereocenters. The summed E-state index contributed by atoms with van der Waals surface area (Å²) in [5.41, 5.74) is 9.71. The van der Waals surface area contributed by atoms with E-state index in [9.17, 15) is 4.79 Å². The number of fused-ring (bicyclic) bond motifs is 1. The Bertz CT molecular complexity index is 643. The van der Waals surface area contributed by atoms with Crippen LogP contribution in [0.3, 0.4) is 0 Å². The third-order valence-electron chi connectivity index (χ3n) is 2.96. The minimum Gasteiger partial charge on any atom is -0.397 e. The van der Waals surface area contributed by atoms with Crippen molar-refractivity contribution < 1.29 is 4.79 Å². The van der Waals surface area contributed by atoms with Gasteiger partial charge in [-0.1, -0.05) is 11.6 Å². The average molecular weight is 263 g/mol. The van der Waals surface area contributed by atoms with E-state index in [0.717, 1.165) is 16.9 Å². The number of carbonyl (C=O) groups is 1. The van der Waals surface area contributed by atoms with Gasteiger partial charge in [-0.05, 0) is 24.6 Å². The lowest BCUT2D eigenvalue weighted by Gasteiger charge is -2.08. The molecule has 0 saturated carbocycles. The van der Waals surface area contributed by atoms with Crippen LogP contribution in [0.1, 0.15) is 11.3 Å². The number of rotatable bonds is 1. The lowest BCUT2D eigenvalue weighted by Crippen LogP contribution is -2.04. The van der Waals surface area contributed by atoms with Crippen molar-refractivity contribution in [1.82, 2.24) is 9.78 Å². The molecule has 1 amide bonds. The van der Waals surface area contributed by atoms with Crippen LogP contribution in [0.2, 0.25) is 5.02 Å². The van der Waals surface area contributed by atoms with Crippen LogP contribution in [0.25, 0.3) is 5.69 Å². The summed E-state index contributed by atoms with van der Waals surface area (Å²) in [6.45, 7) is 1.82. The van der Waals surface area contributed by atoms with E-state index in [2.05, 4.69) is 10.4 Å². The zero-order valence-electron chi connectivity index (χ0n) is 9.70. The highest BCUT2D eigenvalue weighted by atomic mass is 35.5. The molecule has 0 atom stereocenters. The van der Waals surface area contributed by atoms with Crippen molar-refractivity contribution in [2.24, 2.45) is 0 Å². The van der Waals surface area contributed by atoms with Crippen molar-refractivity contribution in [3.63, 3.8) is 0 Å². The molecular weight excluding hydrogens is 252 g/mol. The molecule has 6 heteroatoms. The van der Waals surface area contributed by atoms with Crippen LogP contribution in [-0.4, -0.2) is 15.7 Å². The highest BCUT2D eigenvalue weighted by Crippen LogP contribution is 2.31. The number of halogens is 1. The molecule has 2 aromatic rings. The van der Waals surface area contributed by atoms with Gasteiger partial charge in [0.05, 0.1) is 28.5 Å². The van der Waals surface area contributed by atoms with Gasteiger partial charge in [0.25, 0.3) is 0 Å². The SMILES string of the molecule is Cc1nn(-c2cc3c(cc2N)CC(=O)N3)cc1Cl. The van der Waals surface area contributed by atoms with Gasteiger partial charge < -0.3 is 11.1 Å². The first-order chi connectivity index (χ1) is 8.54. The Balaban J connectivity index is 2.13. The lowest BCUT2D eigenvalue weighted by atomic mass is 10.1. The summed E-state index contributed by atoms with van der Waals surface area (Å²) in [5, 5.41) is 7.65. The summed E-state index contributed by atoms with van der Waals surface area (Å²) in [7, 11) is 0. The number of nitrogens with two attached hydrogens (primary N) is 1. The summed E-state index contributed by atoms with van der Waals surface area (Å²) in [6.07, 6.45) is 2.07. The van der Waals surface area contributed by atoms with Crippen molar-refractivity contribution in [2.45, 2.75) is 13.3 Å². The van der Waals surface area contributed by atoms with Crippen molar-refractivity contribution in [2.75, 3.05) is 11.1 Å². The maximum absolute atomic E-state index is 11.3. The fourth-order valence-corrected chi connectivity index (χ4v) is 2.17. The molecule has 0 spiro atoms. The van der Waals surface area contributed by atoms with Gasteiger partial charge in [0.2, 0.25) is 5.91 Å². The quantitative estimate of drug-likeness (QED) is 0.771. The fraction of sp³-hybridized carbons (Fsp3) is 0.167. The van der Waals surface area contributed by atoms with Crippen LogP contribution in [0, 0.1) is 6.92 Å². The molecule has 0 radical (unpaired) electrons. The highest BCUT2D eigenvalue weighted by Gasteiger charge is 2.20. The van der Waals surface area contributed by atoms with Gasteiger partial charge in [-0.15, -0.1) is 0 Å². The smallest absolute Gasteiger partial charge is 0.228 e. The maximum Gasteiger partial charge on any atom is 0.228 e. The molecule has 2 heterocycles. The van der Waals surface area contributed by atoms with Gasteiger partial charge >= 0.3 is 0 Å². The van der Waals surface area contributed by atoms with Crippen LogP contribution in [0.15, 0.2) is 18.3 Å². The first-order valence-corrected chi connectivity index (χ1v) is 5.87. The monoisotopic (exact) mass is 262 g/mol. The van der Waals surface area contributed by atoms with Crippen LogP contribution in [-0.2, 0) is 11.2 Å². The third kappa shape index (κ3) is 1.64. The second-order valence-corrected chi connectivity index (χ2v) is 4.71. The molecule has 92 valence electrons. The van der Waals surface area contributed by atoms with Crippen LogP contribution in [0.4, 0.5) is 11.4 Å². The number of hydrogen-bond donors (Lipinski definition) is 2. The number of nitrogens with zero attached hydrogens (tertiary/aromatic N) is 2. The zero-order valence-corrected chi connectivity index (χ0v) is 10.5. The summed E-state index contributed by atoms with van der Waals surface area (Å²) >= 11 is 5.98. The topological polar surface area (TPSA) is 72.9 Å². The number of anilines is 2. The van der Waals surface area contributed by atoms with Crippen molar-refractivity contribution in [3.8, 4) is 5.69 Å². The van der Waals surface area contributed by atoms with E-state index >= 15 is 0 Å². The summed E-state index contributed by atoms with van der Waals surface area (Å²) in [4.78, 5) is 11.3. The van der Waals surface area contributed by atoms with E-state index in [4.69, 9.17) is 17.3 Å². The molecule has 1 aromatic heterocycles. The molecule has 5 nitrogen and oxygen atoms in total. The number of nitrogen functional groups attached to an aromatic ring is 1. The first-order valence-electron chi connectivity index (χ1n) is 5.49. The van der Waals surface area contributed by atoms with E-state index in [1.807, 2.05) is 13.0 Å². The fourth-order valence-electron chi connectivity index (χ4n) is 2.04. The molecule has 3 rings (SSSR count). The van der Waals surface area contributed by atoms with Gasteiger partial charge in [0, 0.05) is 11.9 Å². The van der Waals surface area contributed by atoms with E-state index in [1.54, 1.807) is 16.9 Å². The molecular formula is C12H11ClN4O. The van der Waals surface area contributed by atoms with E-state index < -0.39 is 0 Å². The Morgan fingerprint density at radius 1 is 1.50 bits per heavy atom. The van der Waals surface area contributed by atoms with E-state index in [1.165, 1.54) is 0 Å². The Kier molecular flexibility index (Phi) is 2.31. The second kappa shape index (κ2) is 3.74. The Morgan fingerprint density at radius 2 is 2.28 bits per heavy atom. The van der Waals surface area contributed by atoms with Gasteiger partial charge in [-0.2, -0.15) is 5.10 Å². The molecule has 1 aliphatic rings. The predicted molar refractivity (Wildman–Crippen MR) is 70.1 cm³/mol. The number of amides is 1. The second-order valence-electron chi connectivity index (χ2n) is 4.30. The molecule has 1 aromatic carbocycles. The summed E-state index contributed by atoms with van der Waals surface area (Å²) in [5.74, 6) is -0.0174. The lowest BCUT2D eigenvalue weighted by molar-refractivity contribution is -0.115. The van der Waals surface area contributed by atoms with Gasteiger partial charge in [0.15, 0.2) is 0 Å². The number of benzene rings is 1. The zero-order chi connectivity index (χ0) is 12.9. The Labute approximate surface area is 109 Å². The van der Waals surface area contributed by atoms with Crippen LogP contribution in [0.5, 0.6) is 0 Å². The van der Waals surface area contributed by atoms with Crippen molar-refractivity contribution in [3.05, 3.63) is 34.6 Å². The first kappa shape index (κ1) is 11.1. The molecule has 1 aliphatic heterocycles. The normalized spacial score (nSPS) is 13.6. The molecule has 3 N–H and O–H groups in total. The molecule has 0 bridgehead atoms. The van der Waals surface area contributed by atoms with Crippen LogP contribution >= 0.6 is 11.6 Å². The molecule has 0 saturated heterocycles. The van der Waals surface area contributed by atoms with Gasteiger partial charge in [-0.3, -0.25) is 4.79 Å². The maximum atomic E-state index is 11.3. The van der Waals surface area contributed by atoms with Crippen molar-refractivity contribution in [1.29, 1.82) is 0 Å². The van der Waals surface area contributed by atoms with E-state index in [0.29, 0.717) is 22.8 Å². The summed E-state index contributed by atoms with van der Waals surface area (Å²) < 4.78 is 1.62. The number of hydrogen-bond acceptors (Lipinski definition) is 3. The number of aryl methyl sites for hydroxylation is 1. The third-order valence-corrected chi connectivity index (χ3v) is 3.33. The highest BCUT2D eigenvalue weighted by molar-refractivity contribution is 6.31. The molecule has 18 heavy (non-hydrogen) atoms. The summed E-state index contributed by atoms with van der Waals surface area (Å²) in [6, 6.07) is 3.62. The predicted octanol–water partition coefficient (Wildman–Crippen LogP) is 1.91. The molecule has 0 aliphatic carbocycles. The minimum absolute atomic E-state index is 0.0174. The number of aromatic nitrogens is 2. The standard InChI is InChI=1S/C12H11ClN4O/c1-6-8(13)5-17(16-6)11-4-10-7(2-9(11)14)3-12(18)15-10/h2,4-5H,3,14H2,1H3,(H,15,18). The Hall–Kier alpha value is -2.01. The van der Waals surface area contributed by atoms with Gasteiger partial charge in [0.1, 0.15) is 0 Å². The van der Waals surface area contributed by atoms with Crippen LogP contribution < -0.4 is 11.1 Å². The minimum atomic E-state index is -0.0174. The Morgan fingerprint density at radius 3 is 2.94 bits per heavy atom. The average Bonchev–Trinajstić information content (AvgIpc) is 2.80. The number of nitrogens with one attached hydrogen (secondary N) is 1. The van der Waals surface area contributed by atoms with E-state index in [-0.39, 0.29) is 5.91 Å². The molecule has 0 fully saturated rings. The number of carbonyl (C=O) groups excluding carboxylic acids is 1.